The molecule has 0 spiro atoms. The van der Waals surface area contributed by atoms with Crippen molar-refractivity contribution in [2.24, 2.45) is 5.41 Å². The van der Waals surface area contributed by atoms with Crippen molar-refractivity contribution in [3.63, 3.8) is 0 Å². The Balaban J connectivity index is 4.93. The second kappa shape index (κ2) is 4.76. The predicted molar refractivity (Wildman–Crippen MR) is 59.9 cm³/mol. The summed E-state index contributed by atoms with van der Waals surface area (Å²) in [5.74, 6) is -0.808. The Morgan fingerprint density at radius 2 is 1.69 bits per heavy atom. The summed E-state index contributed by atoms with van der Waals surface area (Å²) in [6.45, 7) is 10.3. The van der Waals surface area contributed by atoms with Crippen LogP contribution in [0.3, 0.4) is 0 Å². The number of hydrogen-bond donors (Lipinski definition) is 1. The van der Waals surface area contributed by atoms with E-state index in [0.29, 0.717) is 0 Å². The standard InChI is InChI=1S/C11H20N2O3/c1-10(2,3)8(14)7(13-12)9(15)16-11(4,5)6/h8,14H,1-6H3/t8-/m1/s1. The highest BCUT2D eigenvalue weighted by Gasteiger charge is 2.40. The van der Waals surface area contributed by atoms with Crippen LogP contribution in [0.25, 0.3) is 5.53 Å². The number of aliphatic hydroxyl groups is 1. The van der Waals surface area contributed by atoms with Crippen LogP contribution >= 0.6 is 0 Å². The molecule has 0 aromatic rings. The molecule has 0 heterocycles. The van der Waals surface area contributed by atoms with E-state index in [9.17, 15) is 9.90 Å². The first-order valence-electron chi connectivity index (χ1n) is 5.12. The molecule has 0 aromatic heterocycles. The first-order chi connectivity index (χ1) is 6.99. The Hall–Kier alpha value is -1.19. The van der Waals surface area contributed by atoms with Crippen LogP contribution in [0.1, 0.15) is 41.5 Å². The van der Waals surface area contributed by atoms with Gasteiger partial charge in [-0.05, 0) is 26.2 Å². The molecule has 16 heavy (non-hydrogen) atoms. The van der Waals surface area contributed by atoms with Crippen molar-refractivity contribution in [1.29, 1.82) is 0 Å². The van der Waals surface area contributed by atoms with Crippen molar-refractivity contribution in [2.45, 2.75) is 53.2 Å². The third-order valence-corrected chi connectivity index (χ3v) is 1.80. The topological polar surface area (TPSA) is 82.9 Å². The van der Waals surface area contributed by atoms with E-state index in [1.165, 1.54) is 0 Å². The zero-order valence-electron chi connectivity index (χ0n) is 10.7. The van der Waals surface area contributed by atoms with Crippen LogP contribution in [-0.4, -0.2) is 33.3 Å². The lowest BCUT2D eigenvalue weighted by Crippen LogP contribution is -2.42. The molecular formula is C11H20N2O3. The predicted octanol–water partition coefficient (Wildman–Crippen LogP) is 1.41. The molecule has 0 bridgehead atoms. The molecule has 0 rings (SSSR count). The Labute approximate surface area is 96.0 Å². The average Bonchev–Trinajstić information content (AvgIpc) is 1.99. The van der Waals surface area contributed by atoms with E-state index in [1.807, 2.05) is 0 Å². The van der Waals surface area contributed by atoms with Crippen LogP contribution in [0.15, 0.2) is 0 Å². The highest BCUT2D eigenvalue weighted by molar-refractivity contribution is 6.35. The molecule has 0 aliphatic heterocycles. The Bertz CT molecular complexity index is 317. The number of hydrogen-bond acceptors (Lipinski definition) is 3. The highest BCUT2D eigenvalue weighted by atomic mass is 16.6. The van der Waals surface area contributed by atoms with Crippen molar-refractivity contribution in [3.8, 4) is 0 Å². The largest absolute Gasteiger partial charge is 0.451 e. The van der Waals surface area contributed by atoms with Crippen LogP contribution in [-0.2, 0) is 9.53 Å². The summed E-state index contributed by atoms with van der Waals surface area (Å²) >= 11 is 0. The van der Waals surface area contributed by atoms with E-state index in [4.69, 9.17) is 10.3 Å². The molecule has 92 valence electrons. The van der Waals surface area contributed by atoms with Crippen LogP contribution in [0.4, 0.5) is 0 Å². The van der Waals surface area contributed by atoms with Gasteiger partial charge in [-0.1, -0.05) is 20.8 Å². The Kier molecular flexibility index (Phi) is 4.41. The SMILES string of the molecule is CC(C)(C)OC(=O)C(=[N+]=[N-])[C@@H](O)C(C)(C)C. The minimum Gasteiger partial charge on any atom is -0.451 e. The molecule has 0 aliphatic rings. The van der Waals surface area contributed by atoms with Crippen molar-refractivity contribution >= 4 is 11.7 Å². The van der Waals surface area contributed by atoms with Gasteiger partial charge in [0.05, 0.1) is 0 Å². The smallest absolute Gasteiger partial charge is 0.420 e. The van der Waals surface area contributed by atoms with Gasteiger partial charge >= 0.3 is 11.7 Å². The van der Waals surface area contributed by atoms with Gasteiger partial charge in [0.15, 0.2) is 6.10 Å². The van der Waals surface area contributed by atoms with E-state index in [-0.39, 0.29) is 5.71 Å². The Morgan fingerprint density at radius 1 is 1.25 bits per heavy atom. The number of carbonyl (C=O) groups excluding carboxylic acids is 1. The molecule has 0 saturated heterocycles. The quantitative estimate of drug-likeness (QED) is 0.335. The van der Waals surface area contributed by atoms with E-state index in [1.54, 1.807) is 41.5 Å². The van der Waals surface area contributed by atoms with Crippen molar-refractivity contribution in [3.05, 3.63) is 5.53 Å². The normalized spacial score (nSPS) is 13.9. The molecule has 0 radical (unpaired) electrons. The maximum Gasteiger partial charge on any atom is 0.420 e. The monoisotopic (exact) mass is 228 g/mol. The second-order valence-corrected chi connectivity index (χ2v) is 5.76. The van der Waals surface area contributed by atoms with Crippen molar-refractivity contribution in [2.75, 3.05) is 0 Å². The molecule has 0 amide bonds. The van der Waals surface area contributed by atoms with Crippen LogP contribution in [0, 0.1) is 5.41 Å². The van der Waals surface area contributed by atoms with Gasteiger partial charge in [-0.15, -0.1) is 0 Å². The third kappa shape index (κ3) is 4.55. The van der Waals surface area contributed by atoms with Crippen LogP contribution in [0.2, 0.25) is 0 Å². The minimum atomic E-state index is -1.17. The summed E-state index contributed by atoms with van der Waals surface area (Å²) in [7, 11) is 0. The summed E-state index contributed by atoms with van der Waals surface area (Å²) in [5, 5.41) is 9.82. The van der Waals surface area contributed by atoms with Gasteiger partial charge in [0.25, 0.3) is 0 Å². The summed E-state index contributed by atoms with van der Waals surface area (Å²) in [6, 6.07) is 0. The molecule has 0 fully saturated rings. The maximum atomic E-state index is 11.6. The number of ether oxygens (including phenoxy) is 1. The van der Waals surface area contributed by atoms with Crippen LogP contribution in [0.5, 0.6) is 0 Å². The lowest BCUT2D eigenvalue weighted by molar-refractivity contribution is -0.153. The van der Waals surface area contributed by atoms with Gasteiger partial charge in [0.2, 0.25) is 0 Å². The number of rotatable bonds is 2. The highest BCUT2D eigenvalue weighted by Crippen LogP contribution is 2.20. The fraction of sp³-hybridized carbons (Fsp3) is 0.818. The fourth-order valence-electron chi connectivity index (χ4n) is 0.948. The first-order valence-corrected chi connectivity index (χ1v) is 5.12. The van der Waals surface area contributed by atoms with Crippen LogP contribution < -0.4 is 0 Å². The number of aliphatic hydroxyl groups excluding tert-OH is 1. The molecule has 1 atom stereocenters. The van der Waals surface area contributed by atoms with Gasteiger partial charge in [-0.25, -0.2) is 4.79 Å². The summed E-state index contributed by atoms with van der Waals surface area (Å²) in [6.07, 6.45) is -1.17. The summed E-state index contributed by atoms with van der Waals surface area (Å²) in [4.78, 5) is 14.4. The lowest BCUT2D eigenvalue weighted by atomic mass is 9.86. The van der Waals surface area contributed by atoms with E-state index < -0.39 is 23.1 Å². The van der Waals surface area contributed by atoms with Gasteiger partial charge in [0.1, 0.15) is 5.60 Å². The molecule has 5 nitrogen and oxygen atoms in total. The second-order valence-electron chi connectivity index (χ2n) is 5.76. The number of carbonyl (C=O) groups is 1. The van der Waals surface area contributed by atoms with Gasteiger partial charge in [0, 0.05) is 0 Å². The Morgan fingerprint density at radius 3 is 1.94 bits per heavy atom. The zero-order valence-corrected chi connectivity index (χ0v) is 10.7. The molecular weight excluding hydrogens is 208 g/mol. The van der Waals surface area contributed by atoms with Gasteiger partial charge in [-0.3, -0.25) is 0 Å². The molecule has 0 saturated carbocycles. The molecule has 0 unspecified atom stereocenters. The fourth-order valence-corrected chi connectivity index (χ4v) is 0.948. The first kappa shape index (κ1) is 14.8. The van der Waals surface area contributed by atoms with E-state index >= 15 is 0 Å². The summed E-state index contributed by atoms with van der Waals surface area (Å²) in [5.41, 5.74) is 7.09. The average molecular weight is 228 g/mol. The molecule has 1 N–H and O–H groups in total. The number of nitrogens with zero attached hydrogens (tertiary/aromatic N) is 2. The van der Waals surface area contributed by atoms with E-state index in [2.05, 4.69) is 4.79 Å². The van der Waals surface area contributed by atoms with E-state index in [0.717, 1.165) is 0 Å². The number of esters is 1. The lowest BCUT2D eigenvalue weighted by Gasteiger charge is -2.23. The molecule has 0 aromatic carbocycles. The maximum absolute atomic E-state index is 11.6. The molecule has 0 aliphatic carbocycles. The zero-order chi connectivity index (χ0) is 13.1. The third-order valence-electron chi connectivity index (χ3n) is 1.80. The molecule has 5 heteroatoms. The van der Waals surface area contributed by atoms with Gasteiger partial charge in [-0.2, -0.15) is 4.79 Å². The minimum absolute atomic E-state index is 0.373. The van der Waals surface area contributed by atoms with Gasteiger partial charge < -0.3 is 15.4 Å². The van der Waals surface area contributed by atoms with Crippen molar-refractivity contribution < 1.29 is 19.4 Å². The summed E-state index contributed by atoms with van der Waals surface area (Å²) < 4.78 is 5.02. The van der Waals surface area contributed by atoms with Crippen molar-refractivity contribution in [1.82, 2.24) is 0 Å².